The minimum absolute atomic E-state index is 0.382. The van der Waals surface area contributed by atoms with Crippen LogP contribution < -0.4 is 4.74 Å². The maximum Gasteiger partial charge on any atom is 0.137 e. The first kappa shape index (κ1) is 13.2. The highest BCUT2D eigenvalue weighted by Gasteiger charge is 2.12. The molecule has 0 saturated carbocycles. The van der Waals surface area contributed by atoms with Gasteiger partial charge < -0.3 is 4.74 Å². The minimum atomic E-state index is 0.382. The Balaban J connectivity index is 3.15. The zero-order valence-electron chi connectivity index (χ0n) is 9.58. The average Bonchev–Trinajstić information content (AvgIpc) is 2.25. The van der Waals surface area contributed by atoms with E-state index in [0.717, 1.165) is 4.90 Å². The second-order valence-electron chi connectivity index (χ2n) is 3.63. The lowest BCUT2D eigenvalue weighted by Gasteiger charge is -2.14. The maximum atomic E-state index is 8.60. The van der Waals surface area contributed by atoms with E-state index >= 15 is 0 Å². The summed E-state index contributed by atoms with van der Waals surface area (Å²) in [7, 11) is 1.60. The van der Waals surface area contributed by atoms with Crippen LogP contribution in [0.3, 0.4) is 0 Å². The number of hydrogen-bond donors (Lipinski definition) is 0. The number of hydrogen-bond acceptors (Lipinski definition) is 3. The predicted molar refractivity (Wildman–Crippen MR) is 68.4 cm³/mol. The van der Waals surface area contributed by atoms with E-state index < -0.39 is 0 Å². The molecule has 1 aromatic carbocycles. The quantitative estimate of drug-likeness (QED) is 0.760. The van der Waals surface area contributed by atoms with Crippen molar-refractivity contribution in [3.63, 3.8) is 0 Å². The molecule has 16 heavy (non-hydrogen) atoms. The predicted octanol–water partition coefficient (Wildman–Crippen LogP) is 4.09. The van der Waals surface area contributed by atoms with E-state index in [9.17, 15) is 0 Å². The maximum absolute atomic E-state index is 8.60. The SMILES string of the molecule is COc1cc(C(C)C)c(SCC#N)cc1Cl. The summed E-state index contributed by atoms with van der Waals surface area (Å²) in [6, 6.07) is 5.94. The molecule has 1 aromatic rings. The van der Waals surface area contributed by atoms with Crippen LogP contribution in [0.4, 0.5) is 0 Å². The monoisotopic (exact) mass is 255 g/mol. The molecule has 0 atom stereocenters. The van der Waals surface area contributed by atoms with Gasteiger partial charge in [0.2, 0.25) is 0 Å². The lowest BCUT2D eigenvalue weighted by Crippen LogP contribution is -1.94. The Labute approximate surface area is 106 Å². The molecule has 4 heteroatoms. The highest BCUT2D eigenvalue weighted by atomic mass is 35.5. The fourth-order valence-corrected chi connectivity index (χ4v) is 2.58. The topological polar surface area (TPSA) is 33.0 Å². The number of ether oxygens (including phenoxy) is 1. The smallest absolute Gasteiger partial charge is 0.137 e. The molecular formula is C12H14ClNOS. The summed E-state index contributed by atoms with van der Waals surface area (Å²) in [4.78, 5) is 1.06. The molecule has 1 rings (SSSR count). The Morgan fingerprint density at radius 3 is 2.69 bits per heavy atom. The van der Waals surface area contributed by atoms with Crippen molar-refractivity contribution in [3.8, 4) is 11.8 Å². The van der Waals surface area contributed by atoms with Crippen molar-refractivity contribution in [2.75, 3.05) is 12.9 Å². The van der Waals surface area contributed by atoms with Gasteiger partial charge in [0, 0.05) is 4.90 Å². The molecule has 0 aliphatic carbocycles. The van der Waals surface area contributed by atoms with E-state index in [1.54, 1.807) is 7.11 Å². The number of nitrogens with zero attached hydrogens (tertiary/aromatic N) is 1. The van der Waals surface area contributed by atoms with Crippen LogP contribution in [0.1, 0.15) is 25.3 Å². The fourth-order valence-electron chi connectivity index (χ4n) is 1.39. The molecule has 0 aromatic heterocycles. The standard InChI is InChI=1S/C12H14ClNOS/c1-8(2)9-6-11(15-3)10(13)7-12(9)16-5-4-14/h6-8H,5H2,1-3H3. The molecule has 0 aliphatic rings. The lowest BCUT2D eigenvalue weighted by atomic mass is 10.0. The van der Waals surface area contributed by atoms with Crippen molar-refractivity contribution in [2.24, 2.45) is 0 Å². The molecule has 0 aliphatic heterocycles. The summed E-state index contributed by atoms with van der Waals surface area (Å²) < 4.78 is 5.19. The van der Waals surface area contributed by atoms with Gasteiger partial charge in [-0.15, -0.1) is 11.8 Å². The molecule has 0 amide bonds. The Morgan fingerprint density at radius 1 is 1.50 bits per heavy atom. The molecule has 0 heterocycles. The summed E-state index contributed by atoms with van der Waals surface area (Å²) in [5, 5.41) is 9.19. The molecule has 0 saturated heterocycles. The summed E-state index contributed by atoms with van der Waals surface area (Å²) >= 11 is 7.57. The summed E-state index contributed by atoms with van der Waals surface area (Å²) in [5.74, 6) is 1.50. The first-order chi connectivity index (χ1) is 7.60. The van der Waals surface area contributed by atoms with Gasteiger partial charge in [0.05, 0.1) is 24.0 Å². The van der Waals surface area contributed by atoms with Gasteiger partial charge in [-0.05, 0) is 23.6 Å². The van der Waals surface area contributed by atoms with Crippen LogP contribution in [0.25, 0.3) is 0 Å². The molecule has 86 valence electrons. The van der Waals surface area contributed by atoms with Crippen molar-refractivity contribution >= 4 is 23.4 Å². The number of rotatable bonds is 4. The van der Waals surface area contributed by atoms with E-state index in [2.05, 4.69) is 19.9 Å². The van der Waals surface area contributed by atoms with Crippen LogP contribution in [0.15, 0.2) is 17.0 Å². The van der Waals surface area contributed by atoms with E-state index in [1.807, 2.05) is 12.1 Å². The highest BCUT2D eigenvalue weighted by molar-refractivity contribution is 7.99. The molecule has 0 radical (unpaired) electrons. The number of thioether (sulfide) groups is 1. The highest BCUT2D eigenvalue weighted by Crippen LogP contribution is 2.36. The van der Waals surface area contributed by atoms with Crippen molar-refractivity contribution in [1.29, 1.82) is 5.26 Å². The van der Waals surface area contributed by atoms with E-state index in [-0.39, 0.29) is 0 Å². The van der Waals surface area contributed by atoms with Crippen LogP contribution in [0, 0.1) is 11.3 Å². The van der Waals surface area contributed by atoms with Crippen molar-refractivity contribution in [2.45, 2.75) is 24.7 Å². The number of benzene rings is 1. The van der Waals surface area contributed by atoms with Gasteiger partial charge in [-0.2, -0.15) is 5.26 Å². The van der Waals surface area contributed by atoms with Gasteiger partial charge >= 0.3 is 0 Å². The van der Waals surface area contributed by atoms with Gasteiger partial charge in [-0.25, -0.2) is 0 Å². The lowest BCUT2D eigenvalue weighted by molar-refractivity contribution is 0.414. The number of nitriles is 1. The summed E-state index contributed by atoms with van der Waals surface area (Å²) in [6.07, 6.45) is 0. The summed E-state index contributed by atoms with van der Waals surface area (Å²) in [5.41, 5.74) is 1.17. The molecule has 0 bridgehead atoms. The fraction of sp³-hybridized carbons (Fsp3) is 0.417. The van der Waals surface area contributed by atoms with E-state index in [1.165, 1.54) is 17.3 Å². The van der Waals surface area contributed by atoms with Gasteiger partial charge in [-0.3, -0.25) is 0 Å². The Kier molecular flexibility index (Phi) is 4.98. The van der Waals surface area contributed by atoms with Gasteiger partial charge in [0.25, 0.3) is 0 Å². The average molecular weight is 256 g/mol. The number of methoxy groups -OCH3 is 1. The molecule has 0 fully saturated rings. The second-order valence-corrected chi connectivity index (χ2v) is 5.05. The first-order valence-corrected chi connectivity index (χ1v) is 6.33. The Morgan fingerprint density at radius 2 is 2.19 bits per heavy atom. The van der Waals surface area contributed by atoms with E-state index in [0.29, 0.717) is 22.4 Å². The van der Waals surface area contributed by atoms with Crippen LogP contribution in [0.5, 0.6) is 5.75 Å². The largest absolute Gasteiger partial charge is 0.495 e. The van der Waals surface area contributed by atoms with Crippen molar-refractivity contribution < 1.29 is 4.74 Å². The minimum Gasteiger partial charge on any atom is -0.495 e. The summed E-state index contributed by atoms with van der Waals surface area (Å²) in [6.45, 7) is 4.22. The van der Waals surface area contributed by atoms with Crippen LogP contribution >= 0.6 is 23.4 Å². The van der Waals surface area contributed by atoms with E-state index in [4.69, 9.17) is 21.6 Å². The Bertz CT molecular complexity index is 412. The zero-order valence-corrected chi connectivity index (χ0v) is 11.2. The second kappa shape index (κ2) is 6.03. The molecular weight excluding hydrogens is 242 g/mol. The van der Waals surface area contributed by atoms with Gasteiger partial charge in [-0.1, -0.05) is 25.4 Å². The Hall–Kier alpha value is -0.850. The normalized spacial score (nSPS) is 10.2. The zero-order chi connectivity index (χ0) is 12.1. The third kappa shape index (κ3) is 3.07. The third-order valence-corrected chi connectivity index (χ3v) is 3.43. The number of halogens is 1. The van der Waals surface area contributed by atoms with Gasteiger partial charge in [0.1, 0.15) is 5.75 Å². The molecule has 0 unspecified atom stereocenters. The van der Waals surface area contributed by atoms with Crippen LogP contribution in [0.2, 0.25) is 5.02 Å². The van der Waals surface area contributed by atoms with Crippen LogP contribution in [-0.4, -0.2) is 12.9 Å². The molecule has 0 spiro atoms. The third-order valence-electron chi connectivity index (χ3n) is 2.20. The molecule has 0 N–H and O–H groups in total. The molecule has 2 nitrogen and oxygen atoms in total. The van der Waals surface area contributed by atoms with Gasteiger partial charge in [0.15, 0.2) is 0 Å². The van der Waals surface area contributed by atoms with Crippen molar-refractivity contribution in [1.82, 2.24) is 0 Å². The first-order valence-electron chi connectivity index (χ1n) is 4.97. The van der Waals surface area contributed by atoms with Crippen molar-refractivity contribution in [3.05, 3.63) is 22.7 Å². The van der Waals surface area contributed by atoms with Crippen LogP contribution in [-0.2, 0) is 0 Å².